The van der Waals surface area contributed by atoms with Gasteiger partial charge in [-0.05, 0) is 29.7 Å². The Labute approximate surface area is 126 Å². The molecule has 1 aromatic heterocycles. The second kappa shape index (κ2) is 6.37. The van der Waals surface area contributed by atoms with Crippen LogP contribution in [0.1, 0.15) is 10.4 Å². The van der Waals surface area contributed by atoms with Gasteiger partial charge in [0.15, 0.2) is 0 Å². The Morgan fingerprint density at radius 3 is 2.76 bits per heavy atom. The fourth-order valence-corrected chi connectivity index (χ4v) is 2.59. The van der Waals surface area contributed by atoms with Gasteiger partial charge in [-0.15, -0.1) is 11.3 Å². The van der Waals surface area contributed by atoms with E-state index >= 15 is 0 Å². The molecule has 0 amide bonds. The van der Waals surface area contributed by atoms with Gasteiger partial charge >= 0.3 is 0 Å². The third-order valence-electron chi connectivity index (χ3n) is 3.00. The lowest BCUT2D eigenvalue weighted by molar-refractivity contribution is -0.709. The molecule has 0 fully saturated rings. The van der Waals surface area contributed by atoms with Gasteiger partial charge in [0, 0.05) is 33.4 Å². The number of aliphatic imine (C=N–C) groups is 1. The van der Waals surface area contributed by atoms with Crippen molar-refractivity contribution in [2.75, 3.05) is 13.2 Å². The first-order chi connectivity index (χ1) is 10.3. The lowest BCUT2D eigenvalue weighted by Crippen LogP contribution is -2.02. The molecule has 21 heavy (non-hydrogen) atoms. The summed E-state index contributed by atoms with van der Waals surface area (Å²) in [5.74, 6) is 0.674. The van der Waals surface area contributed by atoms with Gasteiger partial charge in [-0.3, -0.25) is 5.21 Å². The first-order valence-electron chi connectivity index (χ1n) is 6.64. The zero-order chi connectivity index (χ0) is 14.5. The Morgan fingerprint density at radius 2 is 2.10 bits per heavy atom. The summed E-state index contributed by atoms with van der Waals surface area (Å²) in [6, 6.07) is 11.4. The zero-order valence-corrected chi connectivity index (χ0v) is 12.2. The summed E-state index contributed by atoms with van der Waals surface area (Å²) in [6.07, 6.45) is 5.37. The number of benzene rings is 1. The third-order valence-corrected chi connectivity index (χ3v) is 3.83. The first kappa shape index (κ1) is 13.6. The fraction of sp³-hybridized carbons (Fsp3) is 0.125. The highest BCUT2D eigenvalue weighted by molar-refractivity contribution is 7.10. The van der Waals surface area contributed by atoms with Crippen LogP contribution in [-0.4, -0.2) is 35.2 Å². The molecule has 1 aromatic carbocycles. The largest absolute Gasteiger partial charge is 0.476 e. The summed E-state index contributed by atoms with van der Waals surface area (Å²) in [7, 11) is 0. The summed E-state index contributed by atoms with van der Waals surface area (Å²) < 4.78 is 6.49. The van der Waals surface area contributed by atoms with Crippen molar-refractivity contribution in [2.24, 2.45) is 4.99 Å². The van der Waals surface area contributed by atoms with Crippen LogP contribution in [0, 0.1) is 0 Å². The van der Waals surface area contributed by atoms with Crippen LogP contribution >= 0.6 is 11.3 Å². The number of nitrogens with zero attached hydrogens (tertiary/aromatic N) is 2. The highest BCUT2D eigenvalue weighted by atomic mass is 32.1. The summed E-state index contributed by atoms with van der Waals surface area (Å²) in [5.41, 5.74) is 1.62. The van der Waals surface area contributed by atoms with Gasteiger partial charge in [0.25, 0.3) is 5.69 Å². The van der Waals surface area contributed by atoms with Gasteiger partial charge in [-0.2, -0.15) is 0 Å². The highest BCUT2D eigenvalue weighted by Crippen LogP contribution is 2.14. The van der Waals surface area contributed by atoms with Crippen LogP contribution in [0.2, 0.25) is 0 Å². The average molecular weight is 299 g/mol. The second-order valence-corrected chi connectivity index (χ2v) is 5.43. The third kappa shape index (κ3) is 3.38. The molecule has 0 spiro atoms. The Kier molecular flexibility index (Phi) is 4.12. The van der Waals surface area contributed by atoms with Gasteiger partial charge in [-0.1, -0.05) is 6.07 Å². The van der Waals surface area contributed by atoms with Crippen LogP contribution < -0.4 is 0 Å². The highest BCUT2D eigenvalue weighted by Gasteiger charge is 2.12. The van der Waals surface area contributed by atoms with Crippen molar-refractivity contribution < 1.29 is 14.7 Å². The minimum Gasteiger partial charge on any atom is -0.476 e. The Morgan fingerprint density at radius 1 is 1.24 bits per heavy atom. The SMILES string of the molecule is O/[N+](=C\C=C\c1cccs1)c1ccc(C2=NCCO2)cc1. The molecule has 3 rings (SSSR count). The lowest BCUT2D eigenvalue weighted by Gasteiger charge is -2.00. The van der Waals surface area contributed by atoms with Crippen LogP contribution in [0.3, 0.4) is 0 Å². The Bertz CT molecular complexity index is 686. The molecule has 4 nitrogen and oxygen atoms in total. The number of allylic oxidation sites excluding steroid dienone is 1. The van der Waals surface area contributed by atoms with Crippen molar-refractivity contribution in [3.63, 3.8) is 0 Å². The summed E-state index contributed by atoms with van der Waals surface area (Å²) in [6.45, 7) is 1.36. The molecule has 1 N–H and O–H groups in total. The van der Waals surface area contributed by atoms with E-state index in [1.165, 1.54) is 0 Å². The molecule has 0 radical (unpaired) electrons. The van der Waals surface area contributed by atoms with Crippen molar-refractivity contribution in [3.05, 3.63) is 58.3 Å². The molecule has 0 saturated heterocycles. The lowest BCUT2D eigenvalue weighted by atomic mass is 10.2. The van der Waals surface area contributed by atoms with E-state index in [9.17, 15) is 5.21 Å². The molecule has 5 heteroatoms. The topological polar surface area (TPSA) is 44.8 Å². The molecule has 2 aromatic rings. The van der Waals surface area contributed by atoms with E-state index in [2.05, 4.69) is 4.99 Å². The Hall–Kier alpha value is -2.40. The summed E-state index contributed by atoms with van der Waals surface area (Å²) in [5, 5.41) is 12.0. The van der Waals surface area contributed by atoms with Gasteiger partial charge in [0.05, 0.1) is 6.54 Å². The zero-order valence-electron chi connectivity index (χ0n) is 11.3. The molecule has 0 saturated carbocycles. The second-order valence-electron chi connectivity index (χ2n) is 4.45. The quantitative estimate of drug-likeness (QED) is 0.407. The summed E-state index contributed by atoms with van der Waals surface area (Å²) >= 11 is 1.65. The monoisotopic (exact) mass is 299 g/mol. The van der Waals surface area contributed by atoms with Gasteiger partial charge < -0.3 is 4.74 Å². The van der Waals surface area contributed by atoms with Crippen LogP contribution in [0.4, 0.5) is 5.69 Å². The van der Waals surface area contributed by atoms with E-state index in [1.807, 2.05) is 53.9 Å². The molecule has 2 heterocycles. The molecule has 0 unspecified atom stereocenters. The molecule has 0 atom stereocenters. The number of ether oxygens (including phenoxy) is 1. The number of hydrogen-bond acceptors (Lipinski definition) is 4. The van der Waals surface area contributed by atoms with Crippen LogP contribution in [0.15, 0.2) is 52.8 Å². The standard InChI is InChI=1S/C16H15N2O2S/c19-18(10-1-3-15-4-2-12-21-15)14-7-5-13(6-8-14)16-17-9-11-20-16/h1-8,10,12,19H,9,11H2/q+1/b3-1+,18-10-. The number of rotatable bonds is 4. The van der Waals surface area contributed by atoms with Crippen molar-refractivity contribution in [2.45, 2.75) is 0 Å². The summed E-state index contributed by atoms with van der Waals surface area (Å²) in [4.78, 5) is 5.40. The molecule has 1 aliphatic heterocycles. The van der Waals surface area contributed by atoms with E-state index in [1.54, 1.807) is 17.6 Å². The smallest absolute Gasteiger partial charge is 0.257 e. The van der Waals surface area contributed by atoms with E-state index in [-0.39, 0.29) is 0 Å². The normalized spacial score (nSPS) is 15.2. The van der Waals surface area contributed by atoms with Crippen molar-refractivity contribution >= 4 is 35.2 Å². The van der Waals surface area contributed by atoms with Crippen LogP contribution in [-0.2, 0) is 4.74 Å². The maximum Gasteiger partial charge on any atom is 0.257 e. The molecule has 1 aliphatic rings. The van der Waals surface area contributed by atoms with Gasteiger partial charge in [-0.25, -0.2) is 4.99 Å². The van der Waals surface area contributed by atoms with Gasteiger partial charge in [0.2, 0.25) is 12.1 Å². The van der Waals surface area contributed by atoms with Crippen LogP contribution in [0.5, 0.6) is 0 Å². The fourth-order valence-electron chi connectivity index (χ4n) is 1.96. The van der Waals surface area contributed by atoms with E-state index in [0.29, 0.717) is 24.7 Å². The van der Waals surface area contributed by atoms with Crippen molar-refractivity contribution in [1.29, 1.82) is 0 Å². The van der Waals surface area contributed by atoms with Gasteiger partial charge in [0.1, 0.15) is 6.61 Å². The number of hydrogen-bond donors (Lipinski definition) is 1. The Balaban J connectivity index is 1.71. The van der Waals surface area contributed by atoms with E-state index < -0.39 is 0 Å². The maximum absolute atomic E-state index is 9.97. The molecular weight excluding hydrogens is 284 g/mol. The van der Waals surface area contributed by atoms with E-state index in [4.69, 9.17) is 4.74 Å². The first-order valence-corrected chi connectivity index (χ1v) is 7.52. The minimum absolute atomic E-state index is 0.643. The van der Waals surface area contributed by atoms with Crippen LogP contribution in [0.25, 0.3) is 6.08 Å². The predicted octanol–water partition coefficient (Wildman–Crippen LogP) is 3.34. The van der Waals surface area contributed by atoms with Crippen molar-refractivity contribution in [1.82, 2.24) is 0 Å². The average Bonchev–Trinajstić information content (AvgIpc) is 3.21. The maximum atomic E-state index is 9.97. The molecular formula is C16H15N2O2S+. The molecule has 106 valence electrons. The minimum atomic E-state index is 0.643. The molecule has 0 aliphatic carbocycles. The molecule has 0 bridgehead atoms. The van der Waals surface area contributed by atoms with Crippen molar-refractivity contribution in [3.8, 4) is 0 Å². The van der Waals surface area contributed by atoms with E-state index in [0.717, 1.165) is 15.2 Å². The predicted molar refractivity (Wildman–Crippen MR) is 84.9 cm³/mol. The number of thiophene rings is 1.